The highest BCUT2D eigenvalue weighted by atomic mass is 35.5. The van der Waals surface area contributed by atoms with Gasteiger partial charge in [0, 0.05) is 37.9 Å². The molecule has 3 rings (SSSR count). The number of benzene rings is 1. The molecule has 0 unspecified atom stereocenters. The molecular formula is C15H19ClN6. The van der Waals surface area contributed by atoms with E-state index in [0.717, 1.165) is 37.6 Å². The number of rotatable bonds is 3. The molecule has 3 N–H and O–H groups in total. The minimum Gasteiger partial charge on any atom is -0.399 e. The summed E-state index contributed by atoms with van der Waals surface area (Å²) in [6.07, 6.45) is 1.44. The zero-order chi connectivity index (χ0) is 15.5. The zero-order valence-corrected chi connectivity index (χ0v) is 13.2. The topological polar surface area (TPSA) is 70.3 Å². The standard InChI is InChI=1S/C15H19ClN6/c1-21-4-6-22(7-5-21)13-3-2-11(17)8-12(13)20-15-9-14(16)18-10-19-15/h2-3,8-10H,4-7,17H2,1H3,(H,18,19,20). The summed E-state index contributed by atoms with van der Waals surface area (Å²) in [6.45, 7) is 4.06. The van der Waals surface area contributed by atoms with Crippen LogP contribution in [0.15, 0.2) is 30.6 Å². The summed E-state index contributed by atoms with van der Waals surface area (Å²) in [7, 11) is 2.14. The van der Waals surface area contributed by atoms with Crippen LogP contribution >= 0.6 is 11.6 Å². The molecule has 1 aromatic carbocycles. The number of nitrogens with one attached hydrogen (secondary N) is 1. The van der Waals surface area contributed by atoms with Gasteiger partial charge < -0.3 is 20.9 Å². The molecule has 7 heteroatoms. The average molecular weight is 319 g/mol. The Morgan fingerprint density at radius 2 is 1.91 bits per heavy atom. The van der Waals surface area contributed by atoms with Gasteiger partial charge in [0.15, 0.2) is 0 Å². The van der Waals surface area contributed by atoms with Crippen LogP contribution in [0.25, 0.3) is 0 Å². The quantitative estimate of drug-likeness (QED) is 0.668. The van der Waals surface area contributed by atoms with E-state index in [0.29, 0.717) is 16.7 Å². The van der Waals surface area contributed by atoms with E-state index in [1.165, 1.54) is 6.33 Å². The molecule has 1 saturated heterocycles. The van der Waals surface area contributed by atoms with E-state index in [9.17, 15) is 0 Å². The van der Waals surface area contributed by atoms with Crippen molar-refractivity contribution in [3.63, 3.8) is 0 Å². The van der Waals surface area contributed by atoms with Crippen molar-refractivity contribution in [3.05, 3.63) is 35.7 Å². The SMILES string of the molecule is CN1CCN(c2ccc(N)cc2Nc2cc(Cl)ncn2)CC1. The monoisotopic (exact) mass is 318 g/mol. The summed E-state index contributed by atoms with van der Waals surface area (Å²) in [5.74, 6) is 0.654. The molecule has 0 aliphatic carbocycles. The van der Waals surface area contributed by atoms with Crippen LogP contribution in [0.1, 0.15) is 0 Å². The van der Waals surface area contributed by atoms with Crippen molar-refractivity contribution in [1.82, 2.24) is 14.9 Å². The lowest BCUT2D eigenvalue weighted by Crippen LogP contribution is -2.44. The number of hydrogen-bond donors (Lipinski definition) is 2. The zero-order valence-electron chi connectivity index (χ0n) is 12.5. The largest absolute Gasteiger partial charge is 0.399 e. The lowest BCUT2D eigenvalue weighted by Gasteiger charge is -2.35. The normalized spacial score (nSPS) is 15.8. The molecule has 1 aliphatic heterocycles. The Labute approximate surface area is 134 Å². The molecule has 0 amide bonds. The number of aromatic nitrogens is 2. The number of nitrogens with zero attached hydrogens (tertiary/aromatic N) is 4. The minimum atomic E-state index is 0.405. The van der Waals surface area contributed by atoms with E-state index in [1.807, 2.05) is 18.2 Å². The van der Waals surface area contributed by atoms with Gasteiger partial charge in [0.2, 0.25) is 0 Å². The summed E-state index contributed by atoms with van der Waals surface area (Å²) < 4.78 is 0. The minimum absolute atomic E-state index is 0.405. The third-order valence-electron chi connectivity index (χ3n) is 3.76. The predicted molar refractivity (Wildman–Crippen MR) is 90.9 cm³/mol. The highest BCUT2D eigenvalue weighted by Crippen LogP contribution is 2.31. The Balaban J connectivity index is 1.87. The first-order valence-electron chi connectivity index (χ1n) is 7.19. The molecule has 1 aromatic heterocycles. The maximum Gasteiger partial charge on any atom is 0.135 e. The van der Waals surface area contributed by atoms with Gasteiger partial charge >= 0.3 is 0 Å². The van der Waals surface area contributed by atoms with Crippen LogP contribution in [0.5, 0.6) is 0 Å². The molecule has 0 saturated carbocycles. The van der Waals surface area contributed by atoms with Crippen LogP contribution in [0, 0.1) is 0 Å². The summed E-state index contributed by atoms with van der Waals surface area (Å²) >= 11 is 5.92. The summed E-state index contributed by atoms with van der Waals surface area (Å²) in [6, 6.07) is 7.58. The van der Waals surface area contributed by atoms with E-state index in [-0.39, 0.29) is 0 Å². The maximum atomic E-state index is 5.94. The Morgan fingerprint density at radius 3 is 2.64 bits per heavy atom. The Kier molecular flexibility index (Phi) is 4.31. The van der Waals surface area contributed by atoms with Crippen LogP contribution in [-0.4, -0.2) is 48.1 Å². The highest BCUT2D eigenvalue weighted by Gasteiger charge is 2.17. The molecule has 0 radical (unpaired) electrons. The summed E-state index contributed by atoms with van der Waals surface area (Å²) in [4.78, 5) is 12.8. The average Bonchev–Trinajstić information content (AvgIpc) is 2.49. The first-order valence-corrected chi connectivity index (χ1v) is 7.57. The molecule has 6 nitrogen and oxygen atoms in total. The van der Waals surface area contributed by atoms with Crippen LogP contribution in [0.2, 0.25) is 5.15 Å². The van der Waals surface area contributed by atoms with Crippen LogP contribution < -0.4 is 16.0 Å². The molecule has 1 fully saturated rings. The van der Waals surface area contributed by atoms with Gasteiger partial charge in [0.25, 0.3) is 0 Å². The third kappa shape index (κ3) is 3.40. The fourth-order valence-electron chi connectivity index (χ4n) is 2.52. The molecule has 0 bridgehead atoms. The van der Waals surface area contributed by atoms with Gasteiger partial charge in [-0.05, 0) is 25.2 Å². The van der Waals surface area contributed by atoms with Gasteiger partial charge in [-0.15, -0.1) is 0 Å². The lowest BCUT2D eigenvalue weighted by molar-refractivity contribution is 0.313. The first-order chi connectivity index (χ1) is 10.6. The van der Waals surface area contributed by atoms with E-state index in [4.69, 9.17) is 17.3 Å². The number of hydrogen-bond acceptors (Lipinski definition) is 6. The number of halogens is 1. The number of nitrogens with two attached hydrogens (primary N) is 1. The second-order valence-electron chi connectivity index (χ2n) is 5.42. The summed E-state index contributed by atoms with van der Waals surface area (Å²) in [5, 5.41) is 3.70. The molecular weight excluding hydrogens is 300 g/mol. The van der Waals surface area contributed by atoms with Crippen LogP contribution in [-0.2, 0) is 0 Å². The van der Waals surface area contributed by atoms with Crippen LogP contribution in [0.3, 0.4) is 0 Å². The second kappa shape index (κ2) is 6.37. The summed E-state index contributed by atoms with van der Waals surface area (Å²) in [5.41, 5.74) is 8.70. The molecule has 0 atom stereocenters. The van der Waals surface area contributed by atoms with E-state index in [2.05, 4.69) is 32.1 Å². The Bertz CT molecular complexity index is 654. The van der Waals surface area contributed by atoms with Crippen molar-refractivity contribution >= 4 is 34.5 Å². The van der Waals surface area contributed by atoms with Crippen molar-refractivity contribution in [1.29, 1.82) is 0 Å². The number of anilines is 4. The number of likely N-dealkylation sites (N-methyl/N-ethyl adjacent to an activating group) is 1. The van der Waals surface area contributed by atoms with E-state index >= 15 is 0 Å². The molecule has 116 valence electrons. The highest BCUT2D eigenvalue weighted by molar-refractivity contribution is 6.29. The van der Waals surface area contributed by atoms with Crippen molar-refractivity contribution in [2.75, 3.05) is 49.2 Å². The van der Waals surface area contributed by atoms with Crippen LogP contribution in [0.4, 0.5) is 22.9 Å². The smallest absolute Gasteiger partial charge is 0.135 e. The Morgan fingerprint density at radius 1 is 1.14 bits per heavy atom. The fraction of sp³-hybridized carbons (Fsp3) is 0.333. The fourth-order valence-corrected chi connectivity index (χ4v) is 2.66. The Hall–Kier alpha value is -2.05. The molecule has 0 spiro atoms. The van der Waals surface area contributed by atoms with E-state index < -0.39 is 0 Å². The van der Waals surface area contributed by atoms with Crippen molar-refractivity contribution in [3.8, 4) is 0 Å². The van der Waals surface area contributed by atoms with Gasteiger partial charge in [0.1, 0.15) is 17.3 Å². The van der Waals surface area contributed by atoms with Gasteiger partial charge in [-0.1, -0.05) is 11.6 Å². The van der Waals surface area contributed by atoms with Crippen molar-refractivity contribution in [2.24, 2.45) is 0 Å². The van der Waals surface area contributed by atoms with E-state index in [1.54, 1.807) is 6.07 Å². The van der Waals surface area contributed by atoms with Gasteiger partial charge in [0.05, 0.1) is 11.4 Å². The maximum absolute atomic E-state index is 5.94. The molecule has 2 aromatic rings. The van der Waals surface area contributed by atoms with Crippen molar-refractivity contribution in [2.45, 2.75) is 0 Å². The lowest BCUT2D eigenvalue weighted by atomic mass is 10.2. The molecule has 2 heterocycles. The number of piperazine rings is 1. The molecule has 1 aliphatic rings. The number of nitrogen functional groups attached to an aromatic ring is 1. The predicted octanol–water partition coefficient (Wildman–Crippen LogP) is 2.21. The first kappa shape index (κ1) is 14.9. The van der Waals surface area contributed by atoms with Gasteiger partial charge in [-0.3, -0.25) is 0 Å². The molecule has 22 heavy (non-hydrogen) atoms. The van der Waals surface area contributed by atoms with Gasteiger partial charge in [-0.2, -0.15) is 0 Å². The third-order valence-corrected chi connectivity index (χ3v) is 3.97. The van der Waals surface area contributed by atoms with Crippen molar-refractivity contribution < 1.29 is 0 Å². The van der Waals surface area contributed by atoms with Gasteiger partial charge in [-0.25, -0.2) is 9.97 Å². The second-order valence-corrected chi connectivity index (χ2v) is 5.81.